The number of carbonyl (C=O) groups excluding carboxylic acids is 1. The summed E-state index contributed by atoms with van der Waals surface area (Å²) in [5.41, 5.74) is 5.54. The summed E-state index contributed by atoms with van der Waals surface area (Å²) in [6.07, 6.45) is 2.52. The second kappa shape index (κ2) is 10.6. The maximum Gasteiger partial charge on any atom is 0.322 e. The van der Waals surface area contributed by atoms with Crippen LogP contribution in [0.5, 0.6) is 17.2 Å². The van der Waals surface area contributed by atoms with Crippen molar-refractivity contribution >= 4 is 11.9 Å². The Bertz CT molecular complexity index is 1230. The predicted octanol–water partition coefficient (Wildman–Crippen LogP) is 5.79. The molecule has 4 rings (SSSR count). The van der Waals surface area contributed by atoms with E-state index in [1.165, 1.54) is 0 Å². The number of aryl methyl sites for hydroxylation is 1. The van der Waals surface area contributed by atoms with Crippen molar-refractivity contribution < 1.29 is 24.2 Å². The van der Waals surface area contributed by atoms with Crippen molar-refractivity contribution in [3.63, 3.8) is 0 Å². The summed E-state index contributed by atoms with van der Waals surface area (Å²) < 4.78 is 12.5. The van der Waals surface area contributed by atoms with Gasteiger partial charge in [0.25, 0.3) is 5.91 Å². The Morgan fingerprint density at radius 2 is 1.77 bits per heavy atom. The zero-order chi connectivity index (χ0) is 24.9. The Morgan fingerprint density at radius 3 is 2.49 bits per heavy atom. The molecule has 3 aromatic rings. The van der Waals surface area contributed by atoms with E-state index < -0.39 is 12.5 Å². The van der Waals surface area contributed by atoms with E-state index in [0.29, 0.717) is 12.2 Å². The van der Waals surface area contributed by atoms with Crippen molar-refractivity contribution in [1.29, 1.82) is 0 Å². The summed E-state index contributed by atoms with van der Waals surface area (Å²) >= 11 is 0. The smallest absolute Gasteiger partial charge is 0.322 e. The molecular weight excluding hydrogens is 442 g/mol. The summed E-state index contributed by atoms with van der Waals surface area (Å²) in [5, 5.41) is 11.4. The molecule has 0 bridgehead atoms. The molecule has 0 fully saturated rings. The van der Waals surface area contributed by atoms with Crippen molar-refractivity contribution in [3.05, 3.63) is 88.0 Å². The van der Waals surface area contributed by atoms with Crippen LogP contribution >= 0.6 is 0 Å². The van der Waals surface area contributed by atoms with E-state index in [0.717, 1.165) is 64.3 Å². The Hall–Kier alpha value is -3.80. The van der Waals surface area contributed by atoms with Crippen molar-refractivity contribution in [1.82, 2.24) is 5.32 Å². The van der Waals surface area contributed by atoms with Gasteiger partial charge in [0, 0.05) is 11.1 Å². The molecule has 1 aliphatic carbocycles. The monoisotopic (exact) mass is 473 g/mol. The largest absolute Gasteiger partial charge is 0.489 e. The lowest BCUT2D eigenvalue weighted by Gasteiger charge is -2.19. The number of hydrogen-bond donors (Lipinski definition) is 2. The van der Waals surface area contributed by atoms with Crippen LogP contribution in [0.1, 0.15) is 64.4 Å². The van der Waals surface area contributed by atoms with Gasteiger partial charge < -0.3 is 19.9 Å². The number of benzene rings is 3. The van der Waals surface area contributed by atoms with E-state index in [1.807, 2.05) is 55.5 Å². The van der Waals surface area contributed by atoms with Gasteiger partial charge in [0.05, 0.1) is 0 Å². The van der Waals surface area contributed by atoms with Crippen molar-refractivity contribution in [2.45, 2.75) is 52.6 Å². The lowest BCUT2D eigenvalue weighted by atomic mass is 9.97. The third-order valence-electron chi connectivity index (χ3n) is 6.24. The maximum absolute atomic E-state index is 12.6. The van der Waals surface area contributed by atoms with E-state index in [1.54, 1.807) is 6.07 Å². The highest BCUT2D eigenvalue weighted by atomic mass is 16.5. The van der Waals surface area contributed by atoms with Crippen LogP contribution in [0.2, 0.25) is 0 Å². The maximum atomic E-state index is 12.6. The number of carboxylic acids is 1. The van der Waals surface area contributed by atoms with Crippen LogP contribution in [-0.4, -0.2) is 23.5 Å². The van der Waals surface area contributed by atoms with Crippen molar-refractivity contribution in [2.75, 3.05) is 6.54 Å². The molecule has 0 atom stereocenters. The average molecular weight is 474 g/mol. The highest BCUT2D eigenvalue weighted by Gasteiger charge is 2.25. The number of hydrogen-bond acceptors (Lipinski definition) is 4. The fourth-order valence-corrected chi connectivity index (χ4v) is 4.52. The fourth-order valence-electron chi connectivity index (χ4n) is 4.52. The first-order chi connectivity index (χ1) is 16.8. The van der Waals surface area contributed by atoms with Gasteiger partial charge in [-0.1, -0.05) is 44.2 Å². The van der Waals surface area contributed by atoms with Gasteiger partial charge in [-0.25, -0.2) is 0 Å². The number of amides is 1. The van der Waals surface area contributed by atoms with Gasteiger partial charge in [-0.3, -0.25) is 9.59 Å². The lowest BCUT2D eigenvalue weighted by molar-refractivity contribution is -0.135. The van der Waals surface area contributed by atoms with E-state index in [-0.39, 0.29) is 11.8 Å². The molecule has 0 heterocycles. The van der Waals surface area contributed by atoms with E-state index in [2.05, 4.69) is 19.2 Å². The standard InChI is InChI=1S/C29H31NO5/c1-18(2)24-15-21(12-13-26(24)34-17-20-8-5-4-6-9-20)35-28-19(3)14-25(22-10-7-11-23(22)28)29(33)30-16-27(31)32/h4-6,8-9,12-15,18H,7,10-11,16-17H2,1-3H3,(H,30,33)(H,31,32). The van der Waals surface area contributed by atoms with Gasteiger partial charge in [0.2, 0.25) is 0 Å². The Morgan fingerprint density at radius 1 is 1.03 bits per heavy atom. The Kier molecular flexibility index (Phi) is 7.39. The zero-order valence-corrected chi connectivity index (χ0v) is 20.4. The molecule has 0 unspecified atom stereocenters. The van der Waals surface area contributed by atoms with Crippen LogP contribution < -0.4 is 14.8 Å². The normalized spacial score (nSPS) is 12.3. The molecule has 6 nitrogen and oxygen atoms in total. The first-order valence-electron chi connectivity index (χ1n) is 12.0. The SMILES string of the molecule is Cc1cc(C(=O)NCC(=O)O)c2c(c1Oc1ccc(OCc3ccccc3)c(C(C)C)c1)CCC2. The number of nitrogens with one attached hydrogen (secondary N) is 1. The lowest BCUT2D eigenvalue weighted by Crippen LogP contribution is -2.30. The minimum atomic E-state index is -1.07. The molecule has 3 aromatic carbocycles. The molecule has 1 amide bonds. The number of aliphatic carboxylic acids is 1. The van der Waals surface area contributed by atoms with Gasteiger partial charge in [0.15, 0.2) is 0 Å². The summed E-state index contributed by atoms with van der Waals surface area (Å²) in [4.78, 5) is 23.5. The van der Waals surface area contributed by atoms with E-state index >= 15 is 0 Å². The van der Waals surface area contributed by atoms with Gasteiger partial charge >= 0.3 is 5.97 Å². The summed E-state index contributed by atoms with van der Waals surface area (Å²) in [7, 11) is 0. The molecule has 0 saturated carbocycles. The zero-order valence-electron chi connectivity index (χ0n) is 20.4. The topological polar surface area (TPSA) is 84.9 Å². The first kappa shape index (κ1) is 24.3. The molecule has 182 valence electrons. The van der Waals surface area contributed by atoms with Crippen molar-refractivity contribution in [2.24, 2.45) is 0 Å². The molecular formula is C29H31NO5. The van der Waals surface area contributed by atoms with Gasteiger partial charge in [-0.2, -0.15) is 0 Å². The number of ether oxygens (including phenoxy) is 2. The molecule has 2 N–H and O–H groups in total. The summed E-state index contributed by atoms with van der Waals surface area (Å²) in [5.74, 6) is 1.16. The summed E-state index contributed by atoms with van der Waals surface area (Å²) in [6, 6.07) is 17.8. The Labute approximate surface area is 205 Å². The van der Waals surface area contributed by atoms with Crippen LogP contribution in [-0.2, 0) is 24.2 Å². The predicted molar refractivity (Wildman–Crippen MR) is 135 cm³/mol. The van der Waals surface area contributed by atoms with Crippen LogP contribution in [0, 0.1) is 6.92 Å². The third kappa shape index (κ3) is 5.65. The number of rotatable bonds is 9. The molecule has 1 aliphatic rings. The molecule has 35 heavy (non-hydrogen) atoms. The van der Waals surface area contributed by atoms with Gasteiger partial charge in [-0.15, -0.1) is 0 Å². The number of fused-ring (bicyclic) bond motifs is 1. The molecule has 0 spiro atoms. The third-order valence-corrected chi connectivity index (χ3v) is 6.24. The minimum absolute atomic E-state index is 0.247. The second-order valence-electron chi connectivity index (χ2n) is 9.19. The van der Waals surface area contributed by atoms with Gasteiger partial charge in [0.1, 0.15) is 30.4 Å². The number of carboxylic acid groups (broad SMARTS) is 1. The van der Waals surface area contributed by atoms with E-state index in [4.69, 9.17) is 14.6 Å². The van der Waals surface area contributed by atoms with Crippen molar-refractivity contribution in [3.8, 4) is 17.2 Å². The van der Waals surface area contributed by atoms with Crippen LogP contribution in [0.4, 0.5) is 0 Å². The molecule has 6 heteroatoms. The van der Waals surface area contributed by atoms with Crippen LogP contribution in [0.25, 0.3) is 0 Å². The minimum Gasteiger partial charge on any atom is -0.489 e. The first-order valence-corrected chi connectivity index (χ1v) is 12.0. The highest BCUT2D eigenvalue weighted by molar-refractivity contribution is 5.98. The molecule has 0 aromatic heterocycles. The van der Waals surface area contributed by atoms with Gasteiger partial charge in [-0.05, 0) is 78.6 Å². The average Bonchev–Trinajstić information content (AvgIpc) is 3.33. The molecule has 0 aliphatic heterocycles. The van der Waals surface area contributed by atoms with E-state index in [9.17, 15) is 9.59 Å². The van der Waals surface area contributed by atoms with Crippen LogP contribution in [0.15, 0.2) is 54.6 Å². The summed E-state index contributed by atoms with van der Waals surface area (Å²) in [6.45, 7) is 6.27. The quantitative estimate of drug-likeness (QED) is 0.411. The second-order valence-corrected chi connectivity index (χ2v) is 9.19. The molecule has 0 radical (unpaired) electrons. The van der Waals surface area contributed by atoms with Crippen LogP contribution in [0.3, 0.4) is 0 Å². The molecule has 0 saturated heterocycles. The highest BCUT2D eigenvalue weighted by Crippen LogP contribution is 2.40. The fraction of sp³-hybridized carbons (Fsp3) is 0.310. The number of carbonyl (C=O) groups is 2. The Balaban J connectivity index is 1.59.